The molecular weight excluding hydrogens is 218 g/mol. The third-order valence-corrected chi connectivity index (χ3v) is 2.58. The minimum absolute atomic E-state index is 0.162. The Kier molecular flexibility index (Phi) is 6.43. The smallest absolute Gasteiger partial charge is 0.119 e. The molecule has 1 rings (SSSR count). The van der Waals surface area contributed by atoms with Gasteiger partial charge in [-0.25, -0.2) is 0 Å². The zero-order valence-electron chi connectivity index (χ0n) is 10.5. The molecule has 0 heterocycles. The fraction of sp³-hybridized carbons (Fsp3) is 0.538. The van der Waals surface area contributed by atoms with E-state index in [0.29, 0.717) is 6.61 Å². The van der Waals surface area contributed by atoms with Crippen LogP contribution in [0.1, 0.15) is 13.3 Å². The topological polar surface area (TPSA) is 50.7 Å². The molecule has 4 heteroatoms. The van der Waals surface area contributed by atoms with Crippen LogP contribution in [0, 0.1) is 0 Å². The number of hydrogen-bond acceptors (Lipinski definition) is 4. The van der Waals surface area contributed by atoms with Gasteiger partial charge in [0.2, 0.25) is 0 Å². The second kappa shape index (κ2) is 7.92. The molecular formula is C13H21NO3. The van der Waals surface area contributed by atoms with Gasteiger partial charge in [-0.1, -0.05) is 6.92 Å². The zero-order chi connectivity index (χ0) is 12.5. The third-order valence-electron chi connectivity index (χ3n) is 2.58. The molecule has 17 heavy (non-hydrogen) atoms. The van der Waals surface area contributed by atoms with E-state index in [0.717, 1.165) is 24.5 Å². The minimum atomic E-state index is 0.162. The lowest BCUT2D eigenvalue weighted by molar-refractivity contribution is 0.227. The lowest BCUT2D eigenvalue weighted by Gasteiger charge is -2.14. The van der Waals surface area contributed by atoms with E-state index in [-0.39, 0.29) is 12.6 Å². The van der Waals surface area contributed by atoms with Crippen molar-refractivity contribution >= 4 is 0 Å². The Balaban J connectivity index is 2.21. The monoisotopic (exact) mass is 239 g/mol. The number of hydrogen-bond donors (Lipinski definition) is 2. The van der Waals surface area contributed by atoms with E-state index >= 15 is 0 Å². The van der Waals surface area contributed by atoms with Crippen molar-refractivity contribution < 1.29 is 14.6 Å². The minimum Gasteiger partial charge on any atom is -0.497 e. The van der Waals surface area contributed by atoms with Crippen molar-refractivity contribution in [3.63, 3.8) is 0 Å². The number of benzene rings is 1. The van der Waals surface area contributed by atoms with Crippen molar-refractivity contribution in [2.75, 3.05) is 26.9 Å². The molecule has 0 saturated carbocycles. The van der Waals surface area contributed by atoms with Crippen molar-refractivity contribution in [2.24, 2.45) is 0 Å². The first-order valence-electron chi connectivity index (χ1n) is 5.91. The Bertz CT molecular complexity index is 296. The molecule has 1 aromatic carbocycles. The van der Waals surface area contributed by atoms with Crippen LogP contribution in [0.4, 0.5) is 0 Å². The van der Waals surface area contributed by atoms with Crippen LogP contribution in [-0.4, -0.2) is 38.0 Å². The van der Waals surface area contributed by atoms with Crippen LogP contribution in [0.5, 0.6) is 11.5 Å². The molecule has 0 radical (unpaired) electrons. The van der Waals surface area contributed by atoms with Crippen LogP contribution in [-0.2, 0) is 0 Å². The first-order valence-corrected chi connectivity index (χ1v) is 5.91. The van der Waals surface area contributed by atoms with E-state index in [1.165, 1.54) is 0 Å². The van der Waals surface area contributed by atoms with Gasteiger partial charge in [-0.3, -0.25) is 0 Å². The average molecular weight is 239 g/mol. The van der Waals surface area contributed by atoms with E-state index < -0.39 is 0 Å². The highest BCUT2D eigenvalue weighted by Gasteiger charge is 2.02. The fourth-order valence-corrected chi connectivity index (χ4v) is 1.44. The quantitative estimate of drug-likeness (QED) is 0.674. The predicted octanol–water partition coefficient (Wildman–Crippen LogP) is 1.43. The number of rotatable bonds is 8. The van der Waals surface area contributed by atoms with Gasteiger partial charge in [0.15, 0.2) is 0 Å². The van der Waals surface area contributed by atoms with Crippen LogP contribution >= 0.6 is 0 Å². The summed E-state index contributed by atoms with van der Waals surface area (Å²) in [5.74, 6) is 1.64. The molecule has 96 valence electrons. The lowest BCUT2D eigenvalue weighted by Crippen LogP contribution is -2.34. The van der Waals surface area contributed by atoms with Crippen LogP contribution in [0.25, 0.3) is 0 Å². The lowest BCUT2D eigenvalue weighted by atomic mass is 10.2. The molecule has 0 aliphatic rings. The summed E-state index contributed by atoms with van der Waals surface area (Å²) in [6, 6.07) is 7.65. The number of ether oxygens (including phenoxy) is 2. The van der Waals surface area contributed by atoms with Crippen molar-refractivity contribution in [3.8, 4) is 11.5 Å². The van der Waals surface area contributed by atoms with E-state index in [1.54, 1.807) is 7.11 Å². The Morgan fingerprint density at radius 3 is 2.41 bits per heavy atom. The maximum Gasteiger partial charge on any atom is 0.119 e. The molecule has 2 N–H and O–H groups in total. The summed E-state index contributed by atoms with van der Waals surface area (Å²) in [7, 11) is 1.64. The standard InChI is InChI=1S/C13H21NO3/c1-3-11(10-15)14-8-9-17-13-6-4-12(16-2)5-7-13/h4-7,11,14-15H,3,8-10H2,1-2H3. The normalized spacial score (nSPS) is 12.2. The highest BCUT2D eigenvalue weighted by molar-refractivity contribution is 5.31. The average Bonchev–Trinajstić information content (AvgIpc) is 2.40. The van der Waals surface area contributed by atoms with Gasteiger partial charge in [0.1, 0.15) is 18.1 Å². The second-order valence-electron chi connectivity index (χ2n) is 3.77. The maximum atomic E-state index is 8.98. The molecule has 0 bridgehead atoms. The maximum absolute atomic E-state index is 8.98. The second-order valence-corrected chi connectivity index (χ2v) is 3.77. The van der Waals surface area contributed by atoms with E-state index in [2.05, 4.69) is 5.32 Å². The largest absolute Gasteiger partial charge is 0.497 e. The summed E-state index contributed by atoms with van der Waals surface area (Å²) >= 11 is 0. The molecule has 0 saturated heterocycles. The van der Waals surface area contributed by atoms with Crippen LogP contribution in [0.15, 0.2) is 24.3 Å². The number of aliphatic hydroxyl groups is 1. The molecule has 0 spiro atoms. The number of nitrogens with one attached hydrogen (secondary N) is 1. The molecule has 0 fully saturated rings. The van der Waals surface area contributed by atoms with Crippen molar-refractivity contribution in [1.82, 2.24) is 5.32 Å². The molecule has 1 aromatic rings. The summed E-state index contributed by atoms with van der Waals surface area (Å²) in [6.07, 6.45) is 0.916. The summed E-state index contributed by atoms with van der Waals surface area (Å²) < 4.78 is 10.6. The van der Waals surface area contributed by atoms with Gasteiger partial charge in [0, 0.05) is 12.6 Å². The Morgan fingerprint density at radius 1 is 1.24 bits per heavy atom. The van der Waals surface area contributed by atoms with Crippen molar-refractivity contribution in [1.29, 1.82) is 0 Å². The Labute approximate surface area is 103 Å². The van der Waals surface area contributed by atoms with Gasteiger partial charge < -0.3 is 19.9 Å². The van der Waals surface area contributed by atoms with Crippen molar-refractivity contribution in [3.05, 3.63) is 24.3 Å². The number of methoxy groups -OCH3 is 1. The highest BCUT2D eigenvalue weighted by Crippen LogP contribution is 2.16. The Hall–Kier alpha value is -1.26. The van der Waals surface area contributed by atoms with Crippen LogP contribution < -0.4 is 14.8 Å². The van der Waals surface area contributed by atoms with Crippen molar-refractivity contribution in [2.45, 2.75) is 19.4 Å². The third kappa shape index (κ3) is 5.06. The summed E-state index contributed by atoms with van der Waals surface area (Å²) in [4.78, 5) is 0. The molecule has 0 amide bonds. The van der Waals surface area contributed by atoms with Gasteiger partial charge in [0.05, 0.1) is 13.7 Å². The molecule has 0 aliphatic heterocycles. The first-order chi connectivity index (χ1) is 8.30. The molecule has 1 unspecified atom stereocenters. The molecule has 4 nitrogen and oxygen atoms in total. The predicted molar refractivity (Wildman–Crippen MR) is 67.7 cm³/mol. The van der Waals surface area contributed by atoms with Gasteiger partial charge in [0.25, 0.3) is 0 Å². The van der Waals surface area contributed by atoms with Gasteiger partial charge in [-0.2, -0.15) is 0 Å². The van der Waals surface area contributed by atoms with E-state index in [1.807, 2.05) is 31.2 Å². The summed E-state index contributed by atoms with van der Waals surface area (Å²) in [5, 5.41) is 12.2. The summed E-state index contributed by atoms with van der Waals surface area (Å²) in [5.41, 5.74) is 0. The van der Waals surface area contributed by atoms with Crippen LogP contribution in [0.3, 0.4) is 0 Å². The van der Waals surface area contributed by atoms with Gasteiger partial charge in [-0.05, 0) is 30.7 Å². The first kappa shape index (κ1) is 13.8. The fourth-order valence-electron chi connectivity index (χ4n) is 1.44. The summed E-state index contributed by atoms with van der Waals surface area (Å²) in [6.45, 7) is 3.52. The van der Waals surface area contributed by atoms with Gasteiger partial charge >= 0.3 is 0 Å². The highest BCUT2D eigenvalue weighted by atomic mass is 16.5. The van der Waals surface area contributed by atoms with Crippen LogP contribution in [0.2, 0.25) is 0 Å². The SMILES string of the molecule is CCC(CO)NCCOc1ccc(OC)cc1. The van der Waals surface area contributed by atoms with E-state index in [9.17, 15) is 0 Å². The molecule has 0 aromatic heterocycles. The zero-order valence-corrected chi connectivity index (χ0v) is 10.5. The Morgan fingerprint density at radius 2 is 1.88 bits per heavy atom. The van der Waals surface area contributed by atoms with Gasteiger partial charge in [-0.15, -0.1) is 0 Å². The van der Waals surface area contributed by atoms with E-state index in [4.69, 9.17) is 14.6 Å². The number of aliphatic hydroxyl groups excluding tert-OH is 1. The molecule has 0 aliphatic carbocycles. The molecule has 1 atom stereocenters.